The van der Waals surface area contributed by atoms with Crippen LogP contribution in [0.25, 0.3) is 0 Å². The summed E-state index contributed by atoms with van der Waals surface area (Å²) in [5.74, 6) is 0.663. The highest BCUT2D eigenvalue weighted by molar-refractivity contribution is 9.10. The minimum Gasteiger partial charge on any atom is -0.496 e. The van der Waals surface area contributed by atoms with Crippen molar-refractivity contribution in [3.05, 3.63) is 28.2 Å². The minimum atomic E-state index is -0.420. The van der Waals surface area contributed by atoms with E-state index >= 15 is 0 Å². The highest BCUT2D eigenvalue weighted by Gasteiger charge is 2.11. The Kier molecular flexibility index (Phi) is 6.15. The maximum Gasteiger partial charge on any atom is 0.237 e. The zero-order valence-electron chi connectivity index (χ0n) is 10.7. The molecule has 1 aromatic rings. The van der Waals surface area contributed by atoms with Gasteiger partial charge in [-0.1, -0.05) is 19.4 Å². The number of hydrogen-bond donors (Lipinski definition) is 2. The van der Waals surface area contributed by atoms with Gasteiger partial charge < -0.3 is 15.8 Å². The molecule has 0 aliphatic heterocycles. The maximum absolute atomic E-state index is 11.6. The van der Waals surface area contributed by atoms with Crippen LogP contribution in [0.3, 0.4) is 0 Å². The van der Waals surface area contributed by atoms with E-state index in [1.54, 1.807) is 7.11 Å². The number of methoxy groups -OCH3 is 1. The van der Waals surface area contributed by atoms with Gasteiger partial charge in [-0.15, -0.1) is 0 Å². The van der Waals surface area contributed by atoms with E-state index in [2.05, 4.69) is 21.2 Å². The average molecular weight is 315 g/mol. The molecule has 0 saturated carbocycles. The van der Waals surface area contributed by atoms with Gasteiger partial charge >= 0.3 is 0 Å². The monoisotopic (exact) mass is 314 g/mol. The number of benzene rings is 1. The van der Waals surface area contributed by atoms with Gasteiger partial charge in [0.2, 0.25) is 5.91 Å². The highest BCUT2D eigenvalue weighted by atomic mass is 79.9. The molecule has 0 spiro atoms. The quantitative estimate of drug-likeness (QED) is 0.846. The van der Waals surface area contributed by atoms with Crippen molar-refractivity contribution >= 4 is 21.8 Å². The maximum atomic E-state index is 11.6. The van der Waals surface area contributed by atoms with Gasteiger partial charge in [0, 0.05) is 6.54 Å². The van der Waals surface area contributed by atoms with Crippen LogP contribution in [0, 0.1) is 0 Å². The standard InChI is InChI=1S/C13H19BrN2O2/c1-3-4-11(15)13(17)16-8-9-5-6-12(18-2)10(14)7-9/h5-7,11H,3-4,8,15H2,1-2H3,(H,16,17). The first-order valence-corrected chi connectivity index (χ1v) is 6.73. The Balaban J connectivity index is 2.53. The average Bonchev–Trinajstić information content (AvgIpc) is 2.36. The van der Waals surface area contributed by atoms with Crippen LogP contribution in [0.15, 0.2) is 22.7 Å². The Morgan fingerprint density at radius 2 is 2.28 bits per heavy atom. The van der Waals surface area contributed by atoms with Crippen molar-refractivity contribution in [2.75, 3.05) is 7.11 Å². The molecule has 3 N–H and O–H groups in total. The molecule has 1 atom stereocenters. The number of carbonyl (C=O) groups is 1. The predicted molar refractivity (Wildman–Crippen MR) is 75.4 cm³/mol. The summed E-state index contributed by atoms with van der Waals surface area (Å²) >= 11 is 3.41. The van der Waals surface area contributed by atoms with Crippen LogP contribution >= 0.6 is 15.9 Å². The predicted octanol–water partition coefficient (Wildman–Crippen LogP) is 2.20. The summed E-state index contributed by atoms with van der Waals surface area (Å²) in [5.41, 5.74) is 6.73. The van der Waals surface area contributed by atoms with Crippen LogP contribution in [0.1, 0.15) is 25.3 Å². The molecule has 1 aromatic carbocycles. The minimum absolute atomic E-state index is 0.108. The van der Waals surface area contributed by atoms with Crippen molar-refractivity contribution in [3.63, 3.8) is 0 Å². The highest BCUT2D eigenvalue weighted by Crippen LogP contribution is 2.25. The SMILES string of the molecule is CCCC(N)C(=O)NCc1ccc(OC)c(Br)c1. The third kappa shape index (κ3) is 4.31. The topological polar surface area (TPSA) is 64.4 Å². The molecular formula is C13H19BrN2O2. The second-order valence-electron chi connectivity index (χ2n) is 4.08. The Morgan fingerprint density at radius 1 is 1.56 bits per heavy atom. The number of nitrogens with one attached hydrogen (secondary N) is 1. The lowest BCUT2D eigenvalue weighted by Gasteiger charge is -2.12. The third-order valence-corrected chi connectivity index (χ3v) is 3.24. The molecule has 5 heteroatoms. The smallest absolute Gasteiger partial charge is 0.237 e. The molecule has 4 nitrogen and oxygen atoms in total. The number of amides is 1. The van der Waals surface area contributed by atoms with Crippen LogP contribution in [0.5, 0.6) is 5.75 Å². The lowest BCUT2D eigenvalue weighted by atomic mass is 10.1. The van der Waals surface area contributed by atoms with Gasteiger partial charge in [-0.25, -0.2) is 0 Å². The van der Waals surface area contributed by atoms with Gasteiger partial charge in [0.15, 0.2) is 0 Å². The molecule has 0 heterocycles. The Bertz CT molecular complexity index is 410. The van der Waals surface area contributed by atoms with Crippen LogP contribution in [-0.2, 0) is 11.3 Å². The van der Waals surface area contributed by atoms with E-state index in [4.69, 9.17) is 10.5 Å². The number of hydrogen-bond acceptors (Lipinski definition) is 3. The Labute approximate surface area is 116 Å². The van der Waals surface area contributed by atoms with Crippen molar-refractivity contribution in [3.8, 4) is 5.75 Å². The zero-order chi connectivity index (χ0) is 13.5. The van der Waals surface area contributed by atoms with E-state index in [0.717, 1.165) is 22.2 Å². The fourth-order valence-electron chi connectivity index (χ4n) is 1.58. The van der Waals surface area contributed by atoms with E-state index in [1.165, 1.54) is 0 Å². The summed E-state index contributed by atoms with van der Waals surface area (Å²) in [6.07, 6.45) is 1.61. The summed E-state index contributed by atoms with van der Waals surface area (Å²) in [5, 5.41) is 2.82. The molecule has 1 amide bonds. The van der Waals surface area contributed by atoms with E-state index in [9.17, 15) is 4.79 Å². The Hall–Kier alpha value is -1.07. The molecule has 0 saturated heterocycles. The van der Waals surface area contributed by atoms with Crippen LogP contribution in [0.4, 0.5) is 0 Å². The Morgan fingerprint density at radius 3 is 2.83 bits per heavy atom. The van der Waals surface area contributed by atoms with Gasteiger partial charge in [0.25, 0.3) is 0 Å². The van der Waals surface area contributed by atoms with E-state index < -0.39 is 6.04 Å². The molecule has 0 aliphatic carbocycles. The second kappa shape index (κ2) is 7.38. The molecule has 18 heavy (non-hydrogen) atoms. The van der Waals surface area contributed by atoms with E-state index in [0.29, 0.717) is 13.0 Å². The molecule has 0 bridgehead atoms. The number of nitrogens with two attached hydrogens (primary N) is 1. The van der Waals surface area contributed by atoms with Crippen molar-refractivity contribution in [2.24, 2.45) is 5.73 Å². The summed E-state index contributed by atoms with van der Waals surface area (Å²) in [4.78, 5) is 11.6. The first kappa shape index (κ1) is 15.0. The molecule has 0 fully saturated rings. The lowest BCUT2D eigenvalue weighted by Crippen LogP contribution is -2.40. The fourth-order valence-corrected chi connectivity index (χ4v) is 2.17. The second-order valence-corrected chi connectivity index (χ2v) is 4.94. The number of rotatable bonds is 6. The summed E-state index contributed by atoms with van der Waals surface area (Å²) in [6, 6.07) is 5.27. The zero-order valence-corrected chi connectivity index (χ0v) is 12.3. The number of carbonyl (C=O) groups excluding carboxylic acids is 1. The van der Waals surface area contributed by atoms with Crippen LogP contribution in [-0.4, -0.2) is 19.1 Å². The molecule has 0 aromatic heterocycles. The number of ether oxygens (including phenoxy) is 1. The van der Waals surface area contributed by atoms with Crippen molar-refractivity contribution in [1.29, 1.82) is 0 Å². The normalized spacial score (nSPS) is 12.0. The third-order valence-electron chi connectivity index (χ3n) is 2.62. The molecular weight excluding hydrogens is 296 g/mol. The van der Waals surface area contributed by atoms with Gasteiger partial charge in [-0.2, -0.15) is 0 Å². The summed E-state index contributed by atoms with van der Waals surface area (Å²) in [6.45, 7) is 2.48. The van der Waals surface area contributed by atoms with Gasteiger partial charge in [-0.3, -0.25) is 4.79 Å². The largest absolute Gasteiger partial charge is 0.496 e. The molecule has 1 unspecified atom stereocenters. The molecule has 0 radical (unpaired) electrons. The molecule has 0 aliphatic rings. The van der Waals surface area contributed by atoms with Gasteiger partial charge in [0.05, 0.1) is 17.6 Å². The van der Waals surface area contributed by atoms with Crippen molar-refractivity contribution in [2.45, 2.75) is 32.4 Å². The van der Waals surface area contributed by atoms with E-state index in [-0.39, 0.29) is 5.91 Å². The van der Waals surface area contributed by atoms with Crippen LogP contribution < -0.4 is 15.8 Å². The fraction of sp³-hybridized carbons (Fsp3) is 0.462. The molecule has 1 rings (SSSR count). The van der Waals surface area contributed by atoms with Gasteiger partial charge in [0.1, 0.15) is 5.75 Å². The molecule has 100 valence electrons. The van der Waals surface area contributed by atoms with Crippen molar-refractivity contribution < 1.29 is 9.53 Å². The first-order chi connectivity index (χ1) is 8.58. The first-order valence-electron chi connectivity index (χ1n) is 5.94. The van der Waals surface area contributed by atoms with Gasteiger partial charge in [-0.05, 0) is 40.0 Å². The van der Waals surface area contributed by atoms with Crippen LogP contribution in [0.2, 0.25) is 0 Å². The van der Waals surface area contributed by atoms with E-state index in [1.807, 2.05) is 25.1 Å². The number of halogens is 1. The van der Waals surface area contributed by atoms with Crippen molar-refractivity contribution in [1.82, 2.24) is 5.32 Å². The summed E-state index contributed by atoms with van der Waals surface area (Å²) in [7, 11) is 1.62. The summed E-state index contributed by atoms with van der Waals surface area (Å²) < 4.78 is 6.01. The lowest BCUT2D eigenvalue weighted by molar-refractivity contribution is -0.122.